The average Bonchev–Trinajstić information content (AvgIpc) is 2.78. The molecule has 0 spiro atoms. The van der Waals surface area contributed by atoms with Crippen molar-refractivity contribution in [3.8, 4) is 17.2 Å². The number of pyridine rings is 1. The van der Waals surface area contributed by atoms with E-state index in [1.165, 1.54) is 0 Å². The summed E-state index contributed by atoms with van der Waals surface area (Å²) in [6, 6.07) is 9.60. The van der Waals surface area contributed by atoms with Crippen molar-refractivity contribution in [1.82, 2.24) is 4.98 Å². The molecule has 1 heterocycles. The van der Waals surface area contributed by atoms with Gasteiger partial charge in [-0.2, -0.15) is 0 Å². The third-order valence-electron chi connectivity index (χ3n) is 5.27. The number of rotatable bonds is 8. The molecule has 3 aromatic rings. The van der Waals surface area contributed by atoms with Crippen LogP contribution in [0.15, 0.2) is 30.3 Å². The predicted molar refractivity (Wildman–Crippen MR) is 120 cm³/mol. The molecule has 0 atom stereocenters. The third kappa shape index (κ3) is 5.02. The van der Waals surface area contributed by atoms with Crippen LogP contribution in [0.5, 0.6) is 17.2 Å². The third-order valence-corrected chi connectivity index (χ3v) is 5.60. The molecule has 31 heavy (non-hydrogen) atoms. The fraction of sp³-hybridized carbons (Fsp3) is 0.333. The van der Waals surface area contributed by atoms with Gasteiger partial charge in [-0.05, 0) is 55.2 Å². The van der Waals surface area contributed by atoms with E-state index in [-0.39, 0.29) is 19.0 Å². The van der Waals surface area contributed by atoms with E-state index in [1.807, 2.05) is 44.2 Å². The van der Waals surface area contributed by atoms with Crippen LogP contribution >= 0.6 is 11.6 Å². The molecule has 0 saturated carbocycles. The monoisotopic (exact) mass is 443 g/mol. The number of methoxy groups -OCH3 is 3. The number of esters is 1. The molecule has 0 bridgehead atoms. The lowest BCUT2D eigenvalue weighted by atomic mass is 10.0. The summed E-state index contributed by atoms with van der Waals surface area (Å²) in [5, 5.41) is 1.31. The van der Waals surface area contributed by atoms with Crippen LogP contribution in [-0.4, -0.2) is 32.3 Å². The predicted octanol–water partition coefficient (Wildman–Crippen LogP) is 5.21. The number of nitrogens with zero attached hydrogens (tertiary/aromatic N) is 1. The minimum atomic E-state index is -0.329. The Hall–Kier alpha value is -2.99. The highest BCUT2D eigenvalue weighted by molar-refractivity contribution is 6.30. The summed E-state index contributed by atoms with van der Waals surface area (Å²) >= 11 is 6.34. The van der Waals surface area contributed by atoms with Gasteiger partial charge in [0.2, 0.25) is 5.75 Å². The second-order valence-corrected chi connectivity index (χ2v) is 7.57. The largest absolute Gasteiger partial charge is 0.493 e. The van der Waals surface area contributed by atoms with Gasteiger partial charge in [-0.15, -0.1) is 0 Å². The lowest BCUT2D eigenvalue weighted by Crippen LogP contribution is -2.07. The number of carbonyl (C=O) groups excluding carboxylic acids is 1. The second kappa shape index (κ2) is 9.88. The maximum absolute atomic E-state index is 12.3. The second-order valence-electron chi connectivity index (χ2n) is 7.21. The molecular formula is C24H26ClNO5. The molecule has 0 aliphatic carbocycles. The first-order valence-corrected chi connectivity index (χ1v) is 10.3. The zero-order valence-corrected chi connectivity index (χ0v) is 19.1. The van der Waals surface area contributed by atoms with Crippen molar-refractivity contribution < 1.29 is 23.7 Å². The molecule has 0 radical (unpaired) electrons. The van der Waals surface area contributed by atoms with E-state index >= 15 is 0 Å². The Kier molecular flexibility index (Phi) is 7.23. The smallest absolute Gasteiger partial charge is 0.306 e. The molecule has 0 unspecified atom stereocenters. The first-order valence-electron chi connectivity index (χ1n) is 9.87. The Morgan fingerprint density at radius 2 is 1.68 bits per heavy atom. The van der Waals surface area contributed by atoms with Crippen molar-refractivity contribution in [2.24, 2.45) is 0 Å². The number of fused-ring (bicyclic) bond motifs is 1. The van der Waals surface area contributed by atoms with E-state index in [0.717, 1.165) is 27.6 Å². The molecule has 0 N–H and O–H groups in total. The summed E-state index contributed by atoms with van der Waals surface area (Å²) < 4.78 is 21.5. The van der Waals surface area contributed by atoms with Crippen molar-refractivity contribution in [3.05, 3.63) is 57.7 Å². The number of hydrogen-bond donors (Lipinski definition) is 0. The van der Waals surface area contributed by atoms with Crippen LogP contribution in [0.3, 0.4) is 0 Å². The molecule has 0 saturated heterocycles. The van der Waals surface area contributed by atoms with Gasteiger partial charge in [-0.1, -0.05) is 23.7 Å². The number of hydrogen-bond acceptors (Lipinski definition) is 6. The van der Waals surface area contributed by atoms with Crippen molar-refractivity contribution in [2.45, 2.75) is 33.3 Å². The van der Waals surface area contributed by atoms with Crippen LogP contribution < -0.4 is 14.2 Å². The summed E-state index contributed by atoms with van der Waals surface area (Å²) in [4.78, 5) is 16.8. The highest BCUT2D eigenvalue weighted by atomic mass is 35.5. The SMILES string of the molecule is COc1cc(CCC(=O)OCc2cc3ccc(C)c(C)c3nc2Cl)cc(OC)c1OC. The summed E-state index contributed by atoms with van der Waals surface area (Å²) in [7, 11) is 4.66. The van der Waals surface area contributed by atoms with Crippen molar-refractivity contribution in [1.29, 1.82) is 0 Å². The number of aryl methyl sites for hydroxylation is 3. The Labute approximate surface area is 187 Å². The molecule has 3 rings (SSSR count). The zero-order chi connectivity index (χ0) is 22.5. The topological polar surface area (TPSA) is 66.9 Å². The van der Waals surface area contributed by atoms with Gasteiger partial charge < -0.3 is 18.9 Å². The highest BCUT2D eigenvalue weighted by Gasteiger charge is 2.15. The van der Waals surface area contributed by atoms with E-state index in [0.29, 0.717) is 34.4 Å². The van der Waals surface area contributed by atoms with Crippen molar-refractivity contribution in [2.75, 3.05) is 21.3 Å². The van der Waals surface area contributed by atoms with Gasteiger partial charge in [0.1, 0.15) is 11.8 Å². The number of carbonyl (C=O) groups is 1. The molecule has 2 aromatic carbocycles. The lowest BCUT2D eigenvalue weighted by Gasteiger charge is -2.14. The van der Waals surface area contributed by atoms with E-state index in [4.69, 9.17) is 30.5 Å². The van der Waals surface area contributed by atoms with Crippen LogP contribution in [-0.2, 0) is 22.6 Å². The van der Waals surface area contributed by atoms with Crippen LogP contribution in [0.4, 0.5) is 0 Å². The molecule has 7 heteroatoms. The molecule has 6 nitrogen and oxygen atoms in total. The van der Waals surface area contributed by atoms with E-state index in [1.54, 1.807) is 21.3 Å². The number of halogens is 1. The van der Waals surface area contributed by atoms with Crippen molar-refractivity contribution in [3.63, 3.8) is 0 Å². The Morgan fingerprint density at radius 1 is 1.00 bits per heavy atom. The fourth-order valence-corrected chi connectivity index (χ4v) is 3.56. The summed E-state index contributed by atoms with van der Waals surface area (Å²) in [6.07, 6.45) is 0.674. The number of ether oxygens (including phenoxy) is 4. The summed E-state index contributed by atoms with van der Waals surface area (Å²) in [5.74, 6) is 1.28. The van der Waals surface area contributed by atoms with Crippen LogP contribution in [0, 0.1) is 13.8 Å². The standard InChI is InChI=1S/C24H26ClNO5/c1-14-6-8-17-12-18(24(25)26-22(17)15(14)2)13-31-21(27)9-7-16-10-19(28-3)23(30-5)20(11-16)29-4/h6,8,10-12H,7,9,13H2,1-5H3. The van der Waals surface area contributed by atoms with Gasteiger partial charge in [0, 0.05) is 17.4 Å². The molecule has 0 aliphatic rings. The molecule has 164 valence electrons. The molecule has 0 fully saturated rings. The molecule has 0 aliphatic heterocycles. The summed E-state index contributed by atoms with van der Waals surface area (Å²) in [6.45, 7) is 4.13. The van der Waals surface area contributed by atoms with Crippen molar-refractivity contribution >= 4 is 28.5 Å². The molecule has 1 aromatic heterocycles. The fourth-order valence-electron chi connectivity index (χ4n) is 3.36. The zero-order valence-electron chi connectivity index (χ0n) is 18.4. The molecule has 0 amide bonds. The van der Waals surface area contributed by atoms with Gasteiger partial charge >= 0.3 is 5.97 Å². The Balaban J connectivity index is 1.66. The van der Waals surface area contributed by atoms with E-state index in [2.05, 4.69) is 4.98 Å². The van der Waals surface area contributed by atoms with Gasteiger partial charge in [-0.25, -0.2) is 4.98 Å². The van der Waals surface area contributed by atoms with E-state index in [9.17, 15) is 4.79 Å². The van der Waals surface area contributed by atoms with Crippen LogP contribution in [0.2, 0.25) is 5.15 Å². The van der Waals surface area contributed by atoms with Gasteiger partial charge in [-0.3, -0.25) is 4.79 Å². The quantitative estimate of drug-likeness (QED) is 0.352. The normalized spacial score (nSPS) is 10.8. The number of benzene rings is 2. The van der Waals surface area contributed by atoms with Crippen LogP contribution in [0.1, 0.15) is 28.7 Å². The highest BCUT2D eigenvalue weighted by Crippen LogP contribution is 2.38. The first kappa shape index (κ1) is 22.7. The minimum Gasteiger partial charge on any atom is -0.493 e. The van der Waals surface area contributed by atoms with Gasteiger partial charge in [0.15, 0.2) is 11.5 Å². The average molecular weight is 444 g/mol. The Bertz CT molecular complexity index is 1090. The first-order chi connectivity index (χ1) is 14.9. The lowest BCUT2D eigenvalue weighted by molar-refractivity contribution is -0.144. The maximum Gasteiger partial charge on any atom is 0.306 e. The van der Waals surface area contributed by atoms with E-state index < -0.39 is 0 Å². The summed E-state index contributed by atoms with van der Waals surface area (Å²) in [5.41, 5.74) is 4.67. The molecular weight excluding hydrogens is 418 g/mol. The minimum absolute atomic E-state index is 0.0722. The van der Waals surface area contributed by atoms with Gasteiger partial charge in [0.05, 0.1) is 26.8 Å². The van der Waals surface area contributed by atoms with Gasteiger partial charge in [0.25, 0.3) is 0 Å². The Morgan fingerprint density at radius 3 is 2.29 bits per heavy atom. The van der Waals surface area contributed by atoms with Crippen LogP contribution in [0.25, 0.3) is 10.9 Å². The maximum atomic E-state index is 12.3. The number of aromatic nitrogens is 1.